The van der Waals surface area contributed by atoms with Crippen molar-refractivity contribution in [1.82, 2.24) is 25.5 Å². The molecule has 7 nitrogen and oxygen atoms in total. The number of carbonyl (C=O) groups is 1. The lowest BCUT2D eigenvalue weighted by Crippen LogP contribution is -2.40. The summed E-state index contributed by atoms with van der Waals surface area (Å²) >= 11 is 0. The molecule has 0 bridgehead atoms. The summed E-state index contributed by atoms with van der Waals surface area (Å²) < 4.78 is 1.48. The van der Waals surface area contributed by atoms with Gasteiger partial charge in [-0.25, -0.2) is 4.68 Å². The molecule has 0 fully saturated rings. The third-order valence-electron chi connectivity index (χ3n) is 2.86. The van der Waals surface area contributed by atoms with Crippen LogP contribution in [-0.2, 0) is 11.3 Å². The molecule has 1 aromatic rings. The molecule has 0 aliphatic heterocycles. The minimum atomic E-state index is -0.588. The Bertz CT molecular complexity index is 422. The van der Waals surface area contributed by atoms with Gasteiger partial charge in [-0.15, -0.1) is 5.10 Å². The van der Waals surface area contributed by atoms with Gasteiger partial charge in [-0.3, -0.25) is 4.79 Å². The molecule has 108 valence electrons. The van der Waals surface area contributed by atoms with Gasteiger partial charge in [0.1, 0.15) is 6.54 Å². The Morgan fingerprint density at radius 1 is 1.42 bits per heavy atom. The lowest BCUT2D eigenvalue weighted by atomic mass is 9.89. The molecule has 1 amide bonds. The molecule has 1 aromatic heterocycles. The number of carbonyl (C=O) groups excluding carboxylic acids is 1. The molecule has 1 atom stereocenters. The zero-order valence-corrected chi connectivity index (χ0v) is 12.2. The normalized spacial score (nSPS) is 13.6. The Hall–Kier alpha value is -1.50. The lowest BCUT2D eigenvalue weighted by Gasteiger charge is -2.25. The summed E-state index contributed by atoms with van der Waals surface area (Å²) in [4.78, 5) is 11.8. The van der Waals surface area contributed by atoms with E-state index in [1.807, 2.05) is 34.6 Å². The fourth-order valence-electron chi connectivity index (χ4n) is 1.45. The molecular weight excluding hydrogens is 246 g/mol. The second-order valence-electron chi connectivity index (χ2n) is 6.04. The van der Waals surface area contributed by atoms with Crippen LogP contribution < -0.4 is 5.32 Å². The third-order valence-corrected chi connectivity index (χ3v) is 2.86. The number of aliphatic hydroxyl groups excluding tert-OH is 1. The minimum absolute atomic E-state index is 0.0668. The van der Waals surface area contributed by atoms with Crippen LogP contribution in [0.5, 0.6) is 0 Å². The van der Waals surface area contributed by atoms with E-state index in [1.165, 1.54) is 4.68 Å². The van der Waals surface area contributed by atoms with Gasteiger partial charge in [0.05, 0.1) is 6.10 Å². The number of amides is 1. The first kappa shape index (κ1) is 15.6. The minimum Gasteiger partial charge on any atom is -0.391 e. The van der Waals surface area contributed by atoms with Crippen molar-refractivity contribution in [3.05, 3.63) is 5.82 Å². The highest BCUT2D eigenvalue weighted by atomic mass is 16.3. The fourth-order valence-corrected chi connectivity index (χ4v) is 1.45. The SMILES string of the molecule is CC(C)c1nnnn1CC(=O)NCC(O)C(C)(C)C. The number of aliphatic hydroxyl groups is 1. The summed E-state index contributed by atoms with van der Waals surface area (Å²) in [5.74, 6) is 0.618. The van der Waals surface area contributed by atoms with Gasteiger partial charge < -0.3 is 10.4 Å². The Kier molecular flexibility index (Phi) is 4.99. The Morgan fingerprint density at radius 3 is 2.58 bits per heavy atom. The molecule has 0 aliphatic carbocycles. The van der Waals surface area contributed by atoms with Crippen LogP contribution in [0, 0.1) is 5.41 Å². The second-order valence-corrected chi connectivity index (χ2v) is 6.04. The number of hydrogen-bond donors (Lipinski definition) is 2. The first-order valence-corrected chi connectivity index (χ1v) is 6.42. The van der Waals surface area contributed by atoms with E-state index in [0.29, 0.717) is 5.82 Å². The first-order chi connectivity index (χ1) is 8.71. The van der Waals surface area contributed by atoms with E-state index in [1.54, 1.807) is 0 Å². The predicted molar refractivity (Wildman–Crippen MR) is 70.4 cm³/mol. The van der Waals surface area contributed by atoms with Gasteiger partial charge in [-0.2, -0.15) is 0 Å². The summed E-state index contributed by atoms with van der Waals surface area (Å²) in [6, 6.07) is 0. The molecule has 1 rings (SSSR count). The van der Waals surface area contributed by atoms with Crippen molar-refractivity contribution >= 4 is 5.91 Å². The summed E-state index contributed by atoms with van der Waals surface area (Å²) in [5, 5.41) is 23.8. The second kappa shape index (κ2) is 6.10. The smallest absolute Gasteiger partial charge is 0.241 e. The number of nitrogens with zero attached hydrogens (tertiary/aromatic N) is 4. The number of aromatic nitrogens is 4. The maximum Gasteiger partial charge on any atom is 0.241 e. The van der Waals surface area contributed by atoms with Crippen molar-refractivity contribution in [2.45, 2.75) is 53.2 Å². The average molecular weight is 269 g/mol. The number of rotatable bonds is 5. The molecule has 0 spiro atoms. The molecule has 0 saturated heterocycles. The highest BCUT2D eigenvalue weighted by Crippen LogP contribution is 2.18. The highest BCUT2D eigenvalue weighted by molar-refractivity contribution is 5.75. The van der Waals surface area contributed by atoms with Crippen molar-refractivity contribution in [1.29, 1.82) is 0 Å². The molecule has 1 unspecified atom stereocenters. The van der Waals surface area contributed by atoms with Gasteiger partial charge >= 0.3 is 0 Å². The zero-order valence-electron chi connectivity index (χ0n) is 12.2. The van der Waals surface area contributed by atoms with E-state index in [9.17, 15) is 9.90 Å². The lowest BCUT2D eigenvalue weighted by molar-refractivity contribution is -0.122. The van der Waals surface area contributed by atoms with Crippen LogP contribution in [-0.4, -0.2) is 43.9 Å². The third kappa shape index (κ3) is 4.59. The molecule has 0 saturated carbocycles. The first-order valence-electron chi connectivity index (χ1n) is 6.42. The van der Waals surface area contributed by atoms with Crippen molar-refractivity contribution in [3.8, 4) is 0 Å². The maximum atomic E-state index is 11.8. The van der Waals surface area contributed by atoms with E-state index >= 15 is 0 Å². The van der Waals surface area contributed by atoms with Gasteiger partial charge in [-0.05, 0) is 15.8 Å². The van der Waals surface area contributed by atoms with Crippen LogP contribution in [0.15, 0.2) is 0 Å². The Balaban J connectivity index is 2.50. The van der Waals surface area contributed by atoms with Crippen LogP contribution >= 0.6 is 0 Å². The van der Waals surface area contributed by atoms with E-state index in [2.05, 4.69) is 20.8 Å². The van der Waals surface area contributed by atoms with Gasteiger partial charge in [-0.1, -0.05) is 34.6 Å². The molecule has 0 radical (unpaired) electrons. The monoisotopic (exact) mass is 269 g/mol. The highest BCUT2D eigenvalue weighted by Gasteiger charge is 2.22. The van der Waals surface area contributed by atoms with E-state index in [-0.39, 0.29) is 30.3 Å². The van der Waals surface area contributed by atoms with E-state index in [4.69, 9.17) is 0 Å². The standard InChI is InChI=1S/C12H23N5O2/c1-8(2)11-14-15-16-17(11)7-10(19)13-6-9(18)12(3,4)5/h8-9,18H,6-7H2,1-5H3,(H,13,19). The molecular formula is C12H23N5O2. The van der Waals surface area contributed by atoms with Crippen molar-refractivity contribution in [2.75, 3.05) is 6.54 Å². The topological polar surface area (TPSA) is 92.9 Å². The number of hydrogen-bond acceptors (Lipinski definition) is 5. The number of nitrogens with one attached hydrogen (secondary N) is 1. The summed E-state index contributed by atoms with van der Waals surface area (Å²) in [6.07, 6.45) is -0.588. The molecule has 1 heterocycles. The maximum absolute atomic E-state index is 11.8. The summed E-state index contributed by atoms with van der Waals surface area (Å²) in [6.45, 7) is 9.97. The van der Waals surface area contributed by atoms with Crippen LogP contribution in [0.4, 0.5) is 0 Å². The molecule has 19 heavy (non-hydrogen) atoms. The van der Waals surface area contributed by atoms with Gasteiger partial charge in [0.15, 0.2) is 5.82 Å². The van der Waals surface area contributed by atoms with Crippen molar-refractivity contribution < 1.29 is 9.90 Å². The molecule has 7 heteroatoms. The summed E-state index contributed by atoms with van der Waals surface area (Å²) in [5.41, 5.74) is -0.259. The number of tetrazole rings is 1. The Morgan fingerprint density at radius 2 is 2.05 bits per heavy atom. The van der Waals surface area contributed by atoms with Crippen LogP contribution in [0.3, 0.4) is 0 Å². The van der Waals surface area contributed by atoms with Gasteiger partial charge in [0.25, 0.3) is 0 Å². The van der Waals surface area contributed by atoms with Crippen LogP contribution in [0.25, 0.3) is 0 Å². The van der Waals surface area contributed by atoms with Crippen molar-refractivity contribution in [3.63, 3.8) is 0 Å². The largest absolute Gasteiger partial charge is 0.391 e. The van der Waals surface area contributed by atoms with Crippen LogP contribution in [0.1, 0.15) is 46.4 Å². The fraction of sp³-hybridized carbons (Fsp3) is 0.833. The zero-order chi connectivity index (χ0) is 14.6. The van der Waals surface area contributed by atoms with E-state index < -0.39 is 6.10 Å². The Labute approximate surface area is 113 Å². The average Bonchev–Trinajstić information content (AvgIpc) is 2.72. The van der Waals surface area contributed by atoms with Gasteiger partial charge in [0, 0.05) is 12.5 Å². The predicted octanol–water partition coefficient (Wildman–Crippen LogP) is 0.320. The van der Waals surface area contributed by atoms with Gasteiger partial charge in [0.2, 0.25) is 5.91 Å². The van der Waals surface area contributed by atoms with E-state index in [0.717, 1.165) is 0 Å². The summed E-state index contributed by atoms with van der Waals surface area (Å²) in [7, 11) is 0. The van der Waals surface area contributed by atoms with Crippen LogP contribution in [0.2, 0.25) is 0 Å². The molecule has 0 aromatic carbocycles. The van der Waals surface area contributed by atoms with Crippen molar-refractivity contribution in [2.24, 2.45) is 5.41 Å². The quantitative estimate of drug-likeness (QED) is 0.803. The molecule has 0 aliphatic rings. The molecule has 2 N–H and O–H groups in total.